The summed E-state index contributed by atoms with van der Waals surface area (Å²) in [7, 11) is 0. The summed E-state index contributed by atoms with van der Waals surface area (Å²) in [5.74, 6) is 0. The van der Waals surface area contributed by atoms with Gasteiger partial charge in [0.25, 0.3) is 0 Å². The van der Waals surface area contributed by atoms with Crippen LogP contribution < -0.4 is 0 Å². The van der Waals surface area contributed by atoms with Gasteiger partial charge in [-0.25, -0.2) is 4.79 Å². The van der Waals surface area contributed by atoms with Gasteiger partial charge in [0.05, 0.1) is 12.1 Å². The summed E-state index contributed by atoms with van der Waals surface area (Å²) in [5, 5.41) is 1.28. The fourth-order valence-electron chi connectivity index (χ4n) is 4.12. The van der Waals surface area contributed by atoms with Crippen LogP contribution in [0.1, 0.15) is 49.6 Å². The van der Waals surface area contributed by atoms with Gasteiger partial charge in [-0.05, 0) is 24.5 Å². The molecule has 0 N–H and O–H groups in total. The van der Waals surface area contributed by atoms with Gasteiger partial charge < -0.3 is 14.2 Å². The predicted octanol–water partition coefficient (Wildman–Crippen LogP) is 6.08. The van der Waals surface area contributed by atoms with Crippen LogP contribution in [0.4, 0.5) is 4.79 Å². The maximum atomic E-state index is 12.6. The summed E-state index contributed by atoms with van der Waals surface area (Å²) in [5.41, 5.74) is 6.30. The van der Waals surface area contributed by atoms with Crippen molar-refractivity contribution in [2.75, 3.05) is 6.54 Å². The molecule has 0 bridgehead atoms. The van der Waals surface area contributed by atoms with E-state index >= 15 is 0 Å². The van der Waals surface area contributed by atoms with E-state index in [1.165, 1.54) is 27.7 Å². The topological polar surface area (TPSA) is 34.5 Å². The highest BCUT2D eigenvalue weighted by molar-refractivity contribution is 5.89. The van der Waals surface area contributed by atoms with Crippen molar-refractivity contribution in [2.24, 2.45) is 0 Å². The summed E-state index contributed by atoms with van der Waals surface area (Å²) >= 11 is 0. The Balaban J connectivity index is 0.00000117. The lowest BCUT2D eigenvalue weighted by Gasteiger charge is -2.27. The molecule has 1 amide bonds. The number of carbonyl (C=O) groups excluding carboxylic acids is 1. The van der Waals surface area contributed by atoms with Crippen LogP contribution in [0.2, 0.25) is 0 Å². The molecule has 0 unspecified atom stereocenters. The van der Waals surface area contributed by atoms with E-state index < -0.39 is 0 Å². The van der Waals surface area contributed by atoms with E-state index in [1.54, 1.807) is 0 Å². The van der Waals surface area contributed by atoms with Gasteiger partial charge in [0.15, 0.2) is 0 Å². The van der Waals surface area contributed by atoms with Gasteiger partial charge in [-0.1, -0.05) is 69.3 Å². The normalized spacial score (nSPS) is 12.9. The molecule has 0 spiro atoms. The molecule has 0 saturated heterocycles. The first kappa shape index (κ1) is 21.0. The second kappa shape index (κ2) is 9.64. The van der Waals surface area contributed by atoms with Crippen LogP contribution in [0.15, 0.2) is 48.5 Å². The molecule has 4 rings (SSSR count). The van der Waals surface area contributed by atoms with Crippen molar-refractivity contribution in [3.8, 4) is 0 Å². The van der Waals surface area contributed by atoms with Gasteiger partial charge in [-0.2, -0.15) is 0 Å². The van der Waals surface area contributed by atoms with Crippen LogP contribution in [0.5, 0.6) is 0 Å². The molecule has 29 heavy (non-hydrogen) atoms. The van der Waals surface area contributed by atoms with Gasteiger partial charge >= 0.3 is 6.09 Å². The maximum Gasteiger partial charge on any atom is 0.410 e. The number of nitrogens with zero attached hydrogens (tertiary/aromatic N) is 2. The van der Waals surface area contributed by atoms with E-state index in [-0.39, 0.29) is 6.09 Å². The number of amides is 1. The molecular weight excluding hydrogens is 360 g/mol. The standard InChI is InChI=1S/C23H26N2O2.C2H6/c1-3-13-25-21-12-14-24(23(26)27-16-18-9-5-4-6-10-18)15-20(21)19-11-7-8-17(2)22(19)25;1-2/h4-11H,3,12-16H2,1-2H3;1-2H3. The van der Waals surface area contributed by atoms with Crippen LogP contribution in [0, 0.1) is 6.92 Å². The second-order valence-corrected chi connectivity index (χ2v) is 7.26. The SMILES string of the molecule is CC.CCCn1c2c(c3cccc(C)c31)CN(C(=O)OCc1ccccc1)CC2. The van der Waals surface area contributed by atoms with Crippen molar-refractivity contribution in [1.82, 2.24) is 9.47 Å². The van der Waals surface area contributed by atoms with Crippen molar-refractivity contribution in [3.63, 3.8) is 0 Å². The lowest BCUT2D eigenvalue weighted by atomic mass is 10.0. The fraction of sp³-hybridized carbons (Fsp3) is 0.400. The van der Waals surface area contributed by atoms with Gasteiger partial charge in [-0.3, -0.25) is 0 Å². The Morgan fingerprint density at radius 1 is 1.07 bits per heavy atom. The molecule has 4 heteroatoms. The number of carbonyl (C=O) groups is 1. The molecule has 1 aliphatic heterocycles. The highest BCUT2D eigenvalue weighted by Crippen LogP contribution is 2.33. The van der Waals surface area contributed by atoms with Crippen LogP contribution >= 0.6 is 0 Å². The molecular formula is C25H32N2O2. The number of hydrogen-bond acceptors (Lipinski definition) is 2. The number of aromatic nitrogens is 1. The number of aryl methyl sites for hydroxylation is 2. The summed E-state index contributed by atoms with van der Waals surface area (Å²) in [6.45, 7) is 11.1. The Labute approximate surface area is 174 Å². The highest BCUT2D eigenvalue weighted by Gasteiger charge is 2.27. The first-order chi connectivity index (χ1) is 14.2. The van der Waals surface area contributed by atoms with Crippen molar-refractivity contribution >= 4 is 17.0 Å². The third kappa shape index (κ3) is 4.31. The molecule has 1 aromatic heterocycles. The Bertz CT molecular complexity index is 960. The average molecular weight is 393 g/mol. The molecule has 0 fully saturated rings. The van der Waals surface area contributed by atoms with Crippen molar-refractivity contribution in [3.05, 3.63) is 70.9 Å². The number of benzene rings is 2. The summed E-state index contributed by atoms with van der Waals surface area (Å²) in [6.07, 6.45) is 1.76. The van der Waals surface area contributed by atoms with E-state index in [9.17, 15) is 4.79 Å². The lowest BCUT2D eigenvalue weighted by Crippen LogP contribution is -2.36. The Kier molecular flexibility index (Phi) is 6.97. The third-order valence-electron chi connectivity index (χ3n) is 5.39. The van der Waals surface area contributed by atoms with Crippen LogP contribution in [0.25, 0.3) is 10.9 Å². The van der Waals surface area contributed by atoms with Gasteiger partial charge in [0, 0.05) is 36.2 Å². The first-order valence-corrected chi connectivity index (χ1v) is 10.7. The van der Waals surface area contributed by atoms with E-state index in [0.717, 1.165) is 24.9 Å². The van der Waals surface area contributed by atoms with E-state index in [2.05, 4.69) is 36.6 Å². The minimum absolute atomic E-state index is 0.228. The molecule has 2 heterocycles. The minimum atomic E-state index is -0.228. The first-order valence-electron chi connectivity index (χ1n) is 10.7. The molecule has 4 nitrogen and oxygen atoms in total. The molecule has 0 aliphatic carbocycles. The van der Waals surface area contributed by atoms with Crippen molar-refractivity contribution in [2.45, 2.75) is 60.2 Å². The summed E-state index contributed by atoms with van der Waals surface area (Å²) in [6, 6.07) is 16.3. The molecule has 3 aromatic rings. The Hall–Kier alpha value is -2.75. The molecule has 0 atom stereocenters. The lowest BCUT2D eigenvalue weighted by molar-refractivity contribution is 0.0917. The Morgan fingerprint density at radius 3 is 2.55 bits per heavy atom. The smallest absolute Gasteiger partial charge is 0.410 e. The Morgan fingerprint density at radius 2 is 1.83 bits per heavy atom. The van der Waals surface area contributed by atoms with E-state index in [0.29, 0.717) is 19.7 Å². The average Bonchev–Trinajstić information content (AvgIpc) is 3.09. The van der Waals surface area contributed by atoms with Gasteiger partial charge in [0.2, 0.25) is 0 Å². The highest BCUT2D eigenvalue weighted by atomic mass is 16.6. The number of fused-ring (bicyclic) bond motifs is 3. The zero-order valence-corrected chi connectivity index (χ0v) is 18.1. The molecule has 0 radical (unpaired) electrons. The van der Waals surface area contributed by atoms with Crippen molar-refractivity contribution in [1.29, 1.82) is 0 Å². The summed E-state index contributed by atoms with van der Waals surface area (Å²) in [4.78, 5) is 14.5. The number of para-hydroxylation sites is 1. The largest absolute Gasteiger partial charge is 0.445 e. The number of ether oxygens (including phenoxy) is 1. The van der Waals surface area contributed by atoms with Gasteiger partial charge in [0.1, 0.15) is 6.61 Å². The van der Waals surface area contributed by atoms with Crippen molar-refractivity contribution < 1.29 is 9.53 Å². The molecule has 0 saturated carbocycles. The number of hydrogen-bond donors (Lipinski definition) is 0. The quantitative estimate of drug-likeness (QED) is 0.539. The van der Waals surface area contributed by atoms with Crippen LogP contribution in [0.3, 0.4) is 0 Å². The van der Waals surface area contributed by atoms with E-state index in [4.69, 9.17) is 4.74 Å². The molecule has 154 valence electrons. The molecule has 2 aromatic carbocycles. The second-order valence-electron chi connectivity index (χ2n) is 7.26. The van der Waals surface area contributed by atoms with Crippen LogP contribution in [-0.2, 0) is 30.9 Å². The zero-order chi connectivity index (χ0) is 20.8. The predicted molar refractivity (Wildman–Crippen MR) is 119 cm³/mol. The van der Waals surface area contributed by atoms with Gasteiger partial charge in [-0.15, -0.1) is 0 Å². The zero-order valence-electron chi connectivity index (χ0n) is 18.1. The number of rotatable bonds is 4. The monoisotopic (exact) mass is 392 g/mol. The fourth-order valence-corrected chi connectivity index (χ4v) is 4.12. The summed E-state index contributed by atoms with van der Waals surface area (Å²) < 4.78 is 8.02. The maximum absolute atomic E-state index is 12.6. The van der Waals surface area contributed by atoms with E-state index in [1.807, 2.05) is 49.1 Å². The third-order valence-corrected chi connectivity index (χ3v) is 5.39. The van der Waals surface area contributed by atoms with Crippen LogP contribution in [-0.4, -0.2) is 22.1 Å². The molecule has 1 aliphatic rings. The minimum Gasteiger partial charge on any atom is -0.445 e.